The van der Waals surface area contributed by atoms with E-state index in [1.807, 2.05) is 37.3 Å². The predicted molar refractivity (Wildman–Crippen MR) is 98.5 cm³/mol. The molecule has 27 heavy (non-hydrogen) atoms. The van der Waals surface area contributed by atoms with Crippen molar-refractivity contribution in [3.8, 4) is 22.6 Å². The summed E-state index contributed by atoms with van der Waals surface area (Å²) in [6, 6.07) is 9.76. The number of nitrogens with zero attached hydrogens (tertiary/aromatic N) is 3. The van der Waals surface area contributed by atoms with E-state index in [1.165, 1.54) is 6.33 Å². The number of aromatic nitrogens is 3. The van der Waals surface area contributed by atoms with Crippen molar-refractivity contribution < 1.29 is 14.1 Å². The quantitative estimate of drug-likeness (QED) is 0.749. The van der Waals surface area contributed by atoms with E-state index in [4.69, 9.17) is 9.26 Å². The van der Waals surface area contributed by atoms with E-state index in [1.54, 1.807) is 6.20 Å². The smallest absolute Gasteiger partial charge is 0.249 e. The van der Waals surface area contributed by atoms with E-state index >= 15 is 0 Å². The highest BCUT2D eigenvalue weighted by molar-refractivity contribution is 5.81. The molecule has 4 rings (SSSR count). The molecule has 1 saturated heterocycles. The lowest BCUT2D eigenvalue weighted by Crippen LogP contribution is -2.33. The van der Waals surface area contributed by atoms with Crippen molar-refractivity contribution in [2.24, 2.45) is 0 Å². The molecule has 0 unspecified atom stereocenters. The van der Waals surface area contributed by atoms with Gasteiger partial charge >= 0.3 is 0 Å². The van der Waals surface area contributed by atoms with Gasteiger partial charge in [0.15, 0.2) is 5.76 Å². The molecule has 3 heterocycles. The number of ether oxygens (including phenoxy) is 1. The Bertz CT molecular complexity index is 930. The Morgan fingerprint density at radius 1 is 1.30 bits per heavy atom. The van der Waals surface area contributed by atoms with Crippen LogP contribution in [0.25, 0.3) is 22.6 Å². The summed E-state index contributed by atoms with van der Waals surface area (Å²) in [6.45, 7) is 3.01. The third-order valence-corrected chi connectivity index (χ3v) is 4.52. The van der Waals surface area contributed by atoms with Gasteiger partial charge < -0.3 is 14.6 Å². The van der Waals surface area contributed by atoms with Crippen molar-refractivity contribution in [2.75, 3.05) is 6.61 Å². The summed E-state index contributed by atoms with van der Waals surface area (Å²) in [6.07, 6.45) is 4.66. The van der Waals surface area contributed by atoms with Crippen molar-refractivity contribution in [3.05, 3.63) is 54.1 Å². The summed E-state index contributed by atoms with van der Waals surface area (Å²) < 4.78 is 10.8. The minimum atomic E-state index is -0.307. The normalized spacial score (nSPS) is 16.4. The summed E-state index contributed by atoms with van der Waals surface area (Å²) in [4.78, 5) is 20.5. The summed E-state index contributed by atoms with van der Waals surface area (Å²) >= 11 is 0. The highest BCUT2D eigenvalue weighted by Gasteiger charge is 2.23. The molecule has 0 bridgehead atoms. The molecule has 1 fully saturated rings. The van der Waals surface area contributed by atoms with Crippen LogP contribution in [0.3, 0.4) is 0 Å². The Morgan fingerprint density at radius 3 is 2.85 bits per heavy atom. The molecule has 1 N–H and O–H groups in total. The molecular formula is C20H20N4O3. The molecule has 0 aliphatic carbocycles. The van der Waals surface area contributed by atoms with Gasteiger partial charge in [-0.05, 0) is 25.3 Å². The summed E-state index contributed by atoms with van der Waals surface area (Å²) in [5, 5.41) is 6.86. The molecule has 1 aromatic carbocycles. The van der Waals surface area contributed by atoms with Crippen LogP contribution in [0.2, 0.25) is 0 Å². The summed E-state index contributed by atoms with van der Waals surface area (Å²) in [7, 11) is 0. The first-order valence-corrected chi connectivity index (χ1v) is 8.93. The standard InChI is InChI=1S/C20H20N4O3/c1-13-9-18(27-24-13)16-11-21-12-23-19(16)15-6-4-14(5-7-15)10-22-20(25)17-3-2-8-26-17/h4-7,9,11-12,17H,2-3,8,10H2,1H3,(H,22,25)/t17-/m0/s1. The van der Waals surface area contributed by atoms with Crippen LogP contribution in [-0.4, -0.2) is 33.7 Å². The lowest BCUT2D eigenvalue weighted by atomic mass is 10.0. The van der Waals surface area contributed by atoms with Gasteiger partial charge in [0.1, 0.15) is 12.4 Å². The first-order chi connectivity index (χ1) is 13.2. The number of hydrogen-bond donors (Lipinski definition) is 1. The largest absolute Gasteiger partial charge is 0.368 e. The van der Waals surface area contributed by atoms with Crippen molar-refractivity contribution in [3.63, 3.8) is 0 Å². The molecule has 1 amide bonds. The van der Waals surface area contributed by atoms with Gasteiger partial charge in [-0.2, -0.15) is 0 Å². The van der Waals surface area contributed by atoms with Gasteiger partial charge in [0.2, 0.25) is 5.91 Å². The van der Waals surface area contributed by atoms with E-state index in [-0.39, 0.29) is 12.0 Å². The Balaban J connectivity index is 1.49. The van der Waals surface area contributed by atoms with Crippen LogP contribution in [0, 0.1) is 6.92 Å². The lowest BCUT2D eigenvalue weighted by Gasteiger charge is -2.11. The van der Waals surface area contributed by atoms with Gasteiger partial charge in [0.25, 0.3) is 0 Å². The fourth-order valence-electron chi connectivity index (χ4n) is 3.10. The third kappa shape index (κ3) is 3.88. The van der Waals surface area contributed by atoms with Crippen LogP contribution in [0.15, 0.2) is 47.4 Å². The highest BCUT2D eigenvalue weighted by atomic mass is 16.5. The van der Waals surface area contributed by atoms with E-state index < -0.39 is 0 Å². The molecule has 1 atom stereocenters. The molecule has 1 aliphatic rings. The zero-order valence-corrected chi connectivity index (χ0v) is 15.0. The number of carbonyl (C=O) groups is 1. The van der Waals surface area contributed by atoms with E-state index in [2.05, 4.69) is 20.4 Å². The van der Waals surface area contributed by atoms with E-state index in [0.717, 1.165) is 40.9 Å². The topological polar surface area (TPSA) is 90.1 Å². The van der Waals surface area contributed by atoms with Crippen LogP contribution in [-0.2, 0) is 16.1 Å². The maximum Gasteiger partial charge on any atom is 0.249 e. The number of aryl methyl sites for hydroxylation is 1. The van der Waals surface area contributed by atoms with E-state index in [9.17, 15) is 4.79 Å². The van der Waals surface area contributed by atoms with Crippen molar-refractivity contribution in [2.45, 2.75) is 32.4 Å². The van der Waals surface area contributed by atoms with Gasteiger partial charge in [0, 0.05) is 31.0 Å². The molecule has 0 radical (unpaired) electrons. The van der Waals surface area contributed by atoms with Crippen molar-refractivity contribution in [1.29, 1.82) is 0 Å². The van der Waals surface area contributed by atoms with Crippen LogP contribution in [0.1, 0.15) is 24.1 Å². The monoisotopic (exact) mass is 364 g/mol. The minimum absolute atomic E-state index is 0.0460. The Kier molecular flexibility index (Phi) is 4.93. The number of amides is 1. The maximum absolute atomic E-state index is 12.0. The Labute approximate surface area is 156 Å². The zero-order valence-electron chi connectivity index (χ0n) is 15.0. The molecule has 0 saturated carbocycles. The molecule has 3 aromatic rings. The third-order valence-electron chi connectivity index (χ3n) is 4.52. The van der Waals surface area contributed by atoms with E-state index in [0.29, 0.717) is 18.9 Å². The molecule has 7 heteroatoms. The summed E-state index contributed by atoms with van der Waals surface area (Å²) in [5.74, 6) is 0.589. The number of carbonyl (C=O) groups excluding carboxylic acids is 1. The van der Waals surface area contributed by atoms with Gasteiger partial charge in [-0.1, -0.05) is 29.4 Å². The lowest BCUT2D eigenvalue weighted by molar-refractivity contribution is -0.130. The maximum atomic E-state index is 12.0. The van der Waals surface area contributed by atoms with Gasteiger partial charge in [-0.15, -0.1) is 0 Å². The SMILES string of the molecule is Cc1cc(-c2cncnc2-c2ccc(CNC(=O)[C@@H]3CCCO3)cc2)on1. The minimum Gasteiger partial charge on any atom is -0.368 e. The molecule has 1 aliphatic heterocycles. The average molecular weight is 364 g/mol. The molecule has 138 valence electrons. The van der Waals surface area contributed by atoms with Crippen LogP contribution < -0.4 is 5.32 Å². The molecular weight excluding hydrogens is 344 g/mol. The van der Waals surface area contributed by atoms with Crippen LogP contribution in [0.4, 0.5) is 0 Å². The fourth-order valence-corrected chi connectivity index (χ4v) is 3.10. The summed E-state index contributed by atoms with van der Waals surface area (Å²) in [5.41, 5.74) is 4.32. The predicted octanol–water partition coefficient (Wildman–Crippen LogP) is 2.90. The number of benzene rings is 1. The molecule has 7 nitrogen and oxygen atoms in total. The second-order valence-corrected chi connectivity index (χ2v) is 6.53. The Hall–Kier alpha value is -3.06. The first-order valence-electron chi connectivity index (χ1n) is 8.93. The average Bonchev–Trinajstić information content (AvgIpc) is 3.38. The second-order valence-electron chi connectivity index (χ2n) is 6.53. The van der Waals surface area contributed by atoms with Gasteiger partial charge in [-0.25, -0.2) is 9.97 Å². The van der Waals surface area contributed by atoms with Gasteiger partial charge in [-0.3, -0.25) is 4.79 Å². The fraction of sp³-hybridized carbons (Fsp3) is 0.300. The molecule has 2 aromatic heterocycles. The van der Waals surface area contributed by atoms with Crippen LogP contribution in [0.5, 0.6) is 0 Å². The first kappa shape index (κ1) is 17.4. The van der Waals surface area contributed by atoms with Crippen molar-refractivity contribution in [1.82, 2.24) is 20.4 Å². The second kappa shape index (κ2) is 7.67. The zero-order chi connectivity index (χ0) is 18.6. The highest BCUT2D eigenvalue weighted by Crippen LogP contribution is 2.30. The number of hydrogen-bond acceptors (Lipinski definition) is 6. The number of rotatable bonds is 5. The number of nitrogens with one attached hydrogen (secondary N) is 1. The van der Waals surface area contributed by atoms with Gasteiger partial charge in [0.05, 0.1) is 17.0 Å². The molecule has 0 spiro atoms. The van der Waals surface area contributed by atoms with Crippen LogP contribution >= 0.6 is 0 Å². The Morgan fingerprint density at radius 2 is 2.15 bits per heavy atom. The van der Waals surface area contributed by atoms with Crippen molar-refractivity contribution >= 4 is 5.91 Å².